The van der Waals surface area contributed by atoms with Gasteiger partial charge in [0.05, 0.1) is 21.7 Å². The third-order valence-electron chi connectivity index (χ3n) is 4.61. The van der Waals surface area contributed by atoms with Crippen LogP contribution in [0.3, 0.4) is 0 Å². The fourth-order valence-corrected chi connectivity index (χ4v) is 4.70. The lowest BCUT2D eigenvalue weighted by Gasteiger charge is -2.05. The van der Waals surface area contributed by atoms with E-state index in [0.717, 1.165) is 24.8 Å². The van der Waals surface area contributed by atoms with Crippen LogP contribution in [0.2, 0.25) is 0 Å². The Kier molecular flexibility index (Phi) is 7.42. The number of hydrogen-bond acceptors (Lipinski definition) is 5. The number of ether oxygens (including phenoxy) is 1. The Balaban J connectivity index is 1.90. The number of carbonyl (C=O) groups excluding carboxylic acids is 1. The van der Waals surface area contributed by atoms with Crippen LogP contribution < -0.4 is 14.7 Å². The number of nitrogens with zero attached hydrogens (tertiary/aromatic N) is 2. The van der Waals surface area contributed by atoms with Gasteiger partial charge in [0.1, 0.15) is 5.75 Å². The molecule has 2 N–H and O–H groups in total. The first-order valence-corrected chi connectivity index (χ1v) is 12.3. The van der Waals surface area contributed by atoms with Crippen LogP contribution >= 0.6 is 11.3 Å². The maximum atomic E-state index is 12.7. The summed E-state index contributed by atoms with van der Waals surface area (Å²) >= 11 is 1.22. The number of amides is 1. The zero-order valence-corrected chi connectivity index (χ0v) is 18.9. The van der Waals surface area contributed by atoms with Crippen molar-refractivity contribution in [3.63, 3.8) is 0 Å². The van der Waals surface area contributed by atoms with Crippen LogP contribution in [0.25, 0.3) is 10.2 Å². The lowest BCUT2D eigenvalue weighted by molar-refractivity contribution is 0.0998. The second-order valence-electron chi connectivity index (χ2n) is 6.96. The van der Waals surface area contributed by atoms with Crippen molar-refractivity contribution in [3.8, 4) is 5.75 Å². The summed E-state index contributed by atoms with van der Waals surface area (Å²) < 4.78 is 31.5. The van der Waals surface area contributed by atoms with Crippen molar-refractivity contribution in [1.82, 2.24) is 4.57 Å². The summed E-state index contributed by atoms with van der Waals surface area (Å²) in [5, 5.41) is 5.23. The van der Waals surface area contributed by atoms with Crippen LogP contribution in [0.15, 0.2) is 65.0 Å². The third-order valence-corrected chi connectivity index (χ3v) is 6.56. The predicted octanol–water partition coefficient (Wildman–Crippen LogP) is 3.85. The number of thiazole rings is 1. The summed E-state index contributed by atoms with van der Waals surface area (Å²) in [5.41, 5.74) is 1.19. The van der Waals surface area contributed by atoms with Crippen molar-refractivity contribution in [2.75, 3.05) is 6.61 Å². The summed E-state index contributed by atoms with van der Waals surface area (Å²) in [6, 6.07) is 11.5. The van der Waals surface area contributed by atoms with Gasteiger partial charge in [-0.15, -0.1) is 6.58 Å². The molecule has 0 spiro atoms. The molecule has 3 aromatic rings. The summed E-state index contributed by atoms with van der Waals surface area (Å²) in [4.78, 5) is 17.5. The molecule has 0 atom stereocenters. The molecule has 164 valence electrons. The molecule has 31 heavy (non-hydrogen) atoms. The van der Waals surface area contributed by atoms with Crippen LogP contribution in [-0.2, 0) is 16.6 Å². The van der Waals surface area contributed by atoms with Crippen molar-refractivity contribution < 1.29 is 17.9 Å². The lowest BCUT2D eigenvalue weighted by Crippen LogP contribution is -2.16. The highest BCUT2D eigenvalue weighted by Crippen LogP contribution is 2.21. The van der Waals surface area contributed by atoms with E-state index in [0.29, 0.717) is 34.0 Å². The first kappa shape index (κ1) is 22.9. The molecular formula is C22H25N3O4S2. The Morgan fingerprint density at radius 1 is 1.23 bits per heavy atom. The number of hydrogen-bond donors (Lipinski definition) is 1. The highest BCUT2D eigenvalue weighted by atomic mass is 32.2. The Morgan fingerprint density at radius 2 is 1.97 bits per heavy atom. The van der Waals surface area contributed by atoms with E-state index in [1.54, 1.807) is 36.4 Å². The number of allylic oxidation sites excluding steroid dienone is 1. The number of fused-ring (bicyclic) bond motifs is 1. The van der Waals surface area contributed by atoms with Crippen molar-refractivity contribution >= 4 is 37.5 Å². The van der Waals surface area contributed by atoms with Crippen LogP contribution in [-0.4, -0.2) is 25.5 Å². The quantitative estimate of drug-likeness (QED) is 0.388. The number of rotatable bonds is 9. The second-order valence-corrected chi connectivity index (χ2v) is 9.53. The van der Waals surface area contributed by atoms with Gasteiger partial charge in [-0.05, 0) is 48.9 Å². The molecule has 0 saturated carbocycles. The summed E-state index contributed by atoms with van der Waals surface area (Å²) in [6.45, 7) is 6.96. The maximum Gasteiger partial charge on any atom is 0.279 e. The van der Waals surface area contributed by atoms with E-state index in [-0.39, 0.29) is 4.90 Å². The van der Waals surface area contributed by atoms with E-state index < -0.39 is 15.9 Å². The van der Waals surface area contributed by atoms with Gasteiger partial charge in [-0.1, -0.05) is 37.2 Å². The number of aromatic nitrogens is 1. The number of carbonyl (C=O) groups is 1. The molecule has 0 saturated heterocycles. The molecule has 3 rings (SSSR count). The van der Waals surface area contributed by atoms with Gasteiger partial charge in [-0.3, -0.25) is 4.79 Å². The highest BCUT2D eigenvalue weighted by Gasteiger charge is 2.13. The topological polar surface area (TPSA) is 104 Å². The van der Waals surface area contributed by atoms with E-state index in [4.69, 9.17) is 9.88 Å². The van der Waals surface area contributed by atoms with Crippen LogP contribution in [0, 0.1) is 0 Å². The van der Waals surface area contributed by atoms with E-state index in [1.165, 1.54) is 23.5 Å². The minimum Gasteiger partial charge on any atom is -0.494 e. The molecule has 1 amide bonds. The molecule has 1 heterocycles. The number of primary sulfonamides is 1. The Bertz CT molecular complexity index is 1260. The van der Waals surface area contributed by atoms with Crippen molar-refractivity contribution in [3.05, 3.63) is 65.5 Å². The van der Waals surface area contributed by atoms with E-state index in [1.807, 2.05) is 4.57 Å². The smallest absolute Gasteiger partial charge is 0.279 e. The Morgan fingerprint density at radius 3 is 2.61 bits per heavy atom. The molecule has 7 nitrogen and oxygen atoms in total. The lowest BCUT2D eigenvalue weighted by atomic mass is 10.2. The average molecular weight is 460 g/mol. The molecule has 0 radical (unpaired) electrons. The fourth-order valence-electron chi connectivity index (χ4n) is 3.01. The normalized spacial score (nSPS) is 12.3. The molecular weight excluding hydrogens is 434 g/mol. The Labute approximate surface area is 185 Å². The molecule has 1 aromatic heterocycles. The Hall–Kier alpha value is -2.75. The van der Waals surface area contributed by atoms with Gasteiger partial charge < -0.3 is 9.30 Å². The van der Waals surface area contributed by atoms with Crippen LogP contribution in [0.1, 0.15) is 36.5 Å². The first-order valence-electron chi connectivity index (χ1n) is 9.92. The molecule has 2 aromatic carbocycles. The van der Waals surface area contributed by atoms with E-state index in [2.05, 4.69) is 18.5 Å². The number of nitrogens with two attached hydrogens (primary N) is 1. The SMILES string of the molecule is C=CCn1c(=NC(=O)c2ccc(OCCCCC)cc2)sc2cc(S(N)(=O)=O)ccc21. The van der Waals surface area contributed by atoms with Gasteiger partial charge >= 0.3 is 0 Å². The molecule has 0 aliphatic heterocycles. The summed E-state index contributed by atoms with van der Waals surface area (Å²) in [7, 11) is -3.82. The standard InChI is InChI=1S/C22H25N3O4S2/c1-3-5-6-14-29-17-9-7-16(8-10-17)21(26)24-22-25(13-4-2)19-12-11-18(31(23,27)28)15-20(19)30-22/h4,7-12,15H,2-3,5-6,13-14H2,1H3,(H2,23,27,28). The fraction of sp³-hybridized carbons (Fsp3) is 0.273. The van der Waals surface area contributed by atoms with E-state index in [9.17, 15) is 13.2 Å². The third kappa shape index (κ3) is 5.69. The molecule has 0 bridgehead atoms. The maximum absolute atomic E-state index is 12.7. The zero-order valence-electron chi connectivity index (χ0n) is 17.3. The second kappa shape index (κ2) is 10.0. The van der Waals surface area contributed by atoms with Crippen molar-refractivity contribution in [2.45, 2.75) is 37.6 Å². The minimum absolute atomic E-state index is 0.0133. The van der Waals surface area contributed by atoms with E-state index >= 15 is 0 Å². The largest absolute Gasteiger partial charge is 0.494 e. The van der Waals surface area contributed by atoms with Gasteiger partial charge in [-0.2, -0.15) is 4.99 Å². The molecule has 9 heteroatoms. The van der Waals surface area contributed by atoms with Gasteiger partial charge in [0, 0.05) is 12.1 Å². The molecule has 0 aliphatic carbocycles. The minimum atomic E-state index is -3.82. The van der Waals surface area contributed by atoms with Gasteiger partial charge in [0.15, 0.2) is 4.80 Å². The summed E-state index contributed by atoms with van der Waals surface area (Å²) in [6.07, 6.45) is 4.93. The molecule has 0 aliphatic rings. The van der Waals surface area contributed by atoms with Gasteiger partial charge in [-0.25, -0.2) is 13.6 Å². The first-order chi connectivity index (χ1) is 14.8. The zero-order chi connectivity index (χ0) is 22.4. The monoisotopic (exact) mass is 459 g/mol. The van der Waals surface area contributed by atoms with Crippen molar-refractivity contribution in [1.29, 1.82) is 0 Å². The van der Waals surface area contributed by atoms with Crippen molar-refractivity contribution in [2.24, 2.45) is 10.1 Å². The average Bonchev–Trinajstić information content (AvgIpc) is 3.07. The number of benzene rings is 2. The number of sulfonamides is 1. The molecule has 0 unspecified atom stereocenters. The van der Waals surface area contributed by atoms with Gasteiger partial charge in [0.2, 0.25) is 10.0 Å². The van der Waals surface area contributed by atoms with Crippen LogP contribution in [0.4, 0.5) is 0 Å². The van der Waals surface area contributed by atoms with Gasteiger partial charge in [0.25, 0.3) is 5.91 Å². The van der Waals surface area contributed by atoms with Crippen LogP contribution in [0.5, 0.6) is 5.75 Å². The molecule has 0 fully saturated rings. The number of unbranched alkanes of at least 4 members (excludes halogenated alkanes) is 2. The summed E-state index contributed by atoms with van der Waals surface area (Å²) in [5.74, 6) is 0.320. The highest BCUT2D eigenvalue weighted by molar-refractivity contribution is 7.89. The predicted molar refractivity (Wildman–Crippen MR) is 123 cm³/mol.